The number of hydrogen-bond acceptors (Lipinski definition) is 4. The Balaban J connectivity index is 0.00000264. The van der Waals surface area contributed by atoms with E-state index in [1.807, 2.05) is 12.1 Å². The molecule has 0 bridgehead atoms. The summed E-state index contributed by atoms with van der Waals surface area (Å²) in [5.41, 5.74) is 0. The summed E-state index contributed by atoms with van der Waals surface area (Å²) in [6.45, 7) is 3.40. The molecule has 1 unspecified atom stereocenters. The molecule has 2 N–H and O–H groups in total. The molecule has 0 radical (unpaired) electrons. The monoisotopic (exact) mass is 453 g/mol. The summed E-state index contributed by atoms with van der Waals surface area (Å²) in [5.74, 6) is 1.69. The zero-order chi connectivity index (χ0) is 15.8. The summed E-state index contributed by atoms with van der Waals surface area (Å²) in [5, 5.41) is 7.44. The lowest BCUT2D eigenvalue weighted by molar-refractivity contribution is 0.195. The average Bonchev–Trinajstić information content (AvgIpc) is 2.99. The lowest BCUT2D eigenvalue weighted by Gasteiger charge is -2.20. The van der Waals surface area contributed by atoms with Gasteiger partial charge in [-0.25, -0.2) is 4.98 Å². The summed E-state index contributed by atoms with van der Waals surface area (Å²) in [4.78, 5) is 10.8. The first-order valence-corrected chi connectivity index (χ1v) is 7.94. The van der Waals surface area contributed by atoms with Gasteiger partial charge >= 0.3 is 0 Å². The van der Waals surface area contributed by atoms with Crippen molar-refractivity contribution in [2.24, 2.45) is 4.99 Å². The number of halogens is 2. The van der Waals surface area contributed by atoms with Gasteiger partial charge in [0.1, 0.15) is 5.82 Å². The van der Waals surface area contributed by atoms with Crippen molar-refractivity contribution in [2.45, 2.75) is 18.9 Å². The van der Waals surface area contributed by atoms with E-state index >= 15 is 0 Å². The van der Waals surface area contributed by atoms with Crippen molar-refractivity contribution in [3.05, 3.63) is 23.4 Å². The van der Waals surface area contributed by atoms with Crippen LogP contribution in [0.3, 0.4) is 0 Å². The third kappa shape index (κ3) is 6.31. The number of rotatable bonds is 6. The van der Waals surface area contributed by atoms with E-state index in [4.69, 9.17) is 16.3 Å². The van der Waals surface area contributed by atoms with Gasteiger partial charge in [-0.2, -0.15) is 0 Å². The zero-order valence-corrected chi connectivity index (χ0v) is 16.7. The van der Waals surface area contributed by atoms with Gasteiger partial charge in [-0.05, 0) is 25.0 Å². The zero-order valence-electron chi connectivity index (χ0n) is 13.6. The highest BCUT2D eigenvalue weighted by atomic mass is 127. The third-order valence-electron chi connectivity index (χ3n) is 3.61. The Hall–Kier alpha value is -0.800. The highest BCUT2D eigenvalue weighted by Crippen LogP contribution is 2.25. The van der Waals surface area contributed by atoms with Crippen molar-refractivity contribution in [3.63, 3.8) is 0 Å². The molecule has 2 rings (SSSR count). The van der Waals surface area contributed by atoms with Crippen molar-refractivity contribution < 1.29 is 4.74 Å². The second-order valence-corrected chi connectivity index (χ2v) is 5.64. The lowest BCUT2D eigenvalue weighted by atomic mass is 10.3. The van der Waals surface area contributed by atoms with Gasteiger partial charge in [-0.15, -0.1) is 24.0 Å². The third-order valence-corrected chi connectivity index (χ3v) is 3.90. The Kier molecular flexibility index (Phi) is 9.57. The van der Waals surface area contributed by atoms with E-state index in [1.54, 1.807) is 20.4 Å². The molecule has 1 saturated heterocycles. The van der Waals surface area contributed by atoms with Crippen LogP contribution in [0, 0.1) is 0 Å². The first kappa shape index (κ1) is 20.2. The van der Waals surface area contributed by atoms with Crippen LogP contribution in [-0.4, -0.2) is 57.4 Å². The second kappa shape index (κ2) is 10.9. The molecule has 23 heavy (non-hydrogen) atoms. The van der Waals surface area contributed by atoms with Gasteiger partial charge in [-0.3, -0.25) is 4.99 Å². The molecular formula is C15H25ClIN5O. The summed E-state index contributed by atoms with van der Waals surface area (Å²) in [6.07, 6.45) is 3.77. The van der Waals surface area contributed by atoms with Crippen molar-refractivity contribution in [3.8, 4) is 0 Å². The molecule has 0 spiro atoms. The van der Waals surface area contributed by atoms with Gasteiger partial charge in [0.15, 0.2) is 5.96 Å². The maximum atomic E-state index is 6.21. The molecule has 0 amide bonds. The minimum Gasteiger partial charge on any atom is -0.385 e. The van der Waals surface area contributed by atoms with E-state index < -0.39 is 0 Å². The van der Waals surface area contributed by atoms with Crippen LogP contribution in [0.1, 0.15) is 12.8 Å². The highest BCUT2D eigenvalue weighted by molar-refractivity contribution is 14.0. The minimum atomic E-state index is 0. The number of nitrogens with zero attached hydrogens (tertiary/aromatic N) is 3. The predicted molar refractivity (Wildman–Crippen MR) is 106 cm³/mol. The summed E-state index contributed by atoms with van der Waals surface area (Å²) in [6, 6.07) is 4.07. The van der Waals surface area contributed by atoms with Gasteiger partial charge in [0.05, 0.1) is 5.02 Å². The summed E-state index contributed by atoms with van der Waals surface area (Å²) < 4.78 is 5.04. The maximum Gasteiger partial charge on any atom is 0.191 e. The highest BCUT2D eigenvalue weighted by Gasteiger charge is 2.25. The molecule has 0 aromatic carbocycles. The molecule has 1 aromatic heterocycles. The molecule has 1 aromatic rings. The molecule has 8 heteroatoms. The van der Waals surface area contributed by atoms with Crippen LogP contribution in [0.5, 0.6) is 0 Å². The Morgan fingerprint density at radius 2 is 2.39 bits per heavy atom. The molecule has 130 valence electrons. The first-order chi connectivity index (χ1) is 10.7. The van der Waals surface area contributed by atoms with Crippen LogP contribution in [0.4, 0.5) is 5.82 Å². The fourth-order valence-corrected chi connectivity index (χ4v) is 2.73. The van der Waals surface area contributed by atoms with E-state index in [9.17, 15) is 0 Å². The number of ether oxygens (including phenoxy) is 1. The van der Waals surface area contributed by atoms with E-state index in [0.717, 1.165) is 50.9 Å². The van der Waals surface area contributed by atoms with Crippen LogP contribution in [0.25, 0.3) is 0 Å². The first-order valence-electron chi connectivity index (χ1n) is 7.56. The Bertz CT molecular complexity index is 503. The van der Waals surface area contributed by atoms with Gasteiger partial charge < -0.3 is 20.3 Å². The number of anilines is 1. The fraction of sp³-hybridized carbons (Fsp3) is 0.600. The average molecular weight is 454 g/mol. The van der Waals surface area contributed by atoms with Crippen LogP contribution in [-0.2, 0) is 4.74 Å². The Morgan fingerprint density at radius 1 is 1.57 bits per heavy atom. The number of hydrogen-bond donors (Lipinski definition) is 2. The normalized spacial score (nSPS) is 17.8. The number of methoxy groups -OCH3 is 1. The molecule has 1 aliphatic rings. The Labute approximate surface area is 160 Å². The predicted octanol–water partition coefficient (Wildman–Crippen LogP) is 2.13. The van der Waals surface area contributed by atoms with Crippen molar-refractivity contribution >= 4 is 47.4 Å². The maximum absolute atomic E-state index is 6.21. The number of aromatic nitrogens is 1. The molecule has 0 aliphatic carbocycles. The molecule has 1 atom stereocenters. The van der Waals surface area contributed by atoms with Gasteiger partial charge in [-0.1, -0.05) is 11.6 Å². The quantitative estimate of drug-likeness (QED) is 0.299. The van der Waals surface area contributed by atoms with Crippen LogP contribution in [0.15, 0.2) is 23.3 Å². The largest absolute Gasteiger partial charge is 0.385 e. The fourth-order valence-electron chi connectivity index (χ4n) is 2.49. The van der Waals surface area contributed by atoms with E-state index in [-0.39, 0.29) is 24.0 Å². The molecule has 6 nitrogen and oxygen atoms in total. The van der Waals surface area contributed by atoms with Crippen LogP contribution in [0.2, 0.25) is 5.02 Å². The van der Waals surface area contributed by atoms with E-state index in [1.165, 1.54) is 0 Å². The molecule has 1 fully saturated rings. The Morgan fingerprint density at radius 3 is 3.09 bits per heavy atom. The molecule has 1 aliphatic heterocycles. The minimum absolute atomic E-state index is 0. The summed E-state index contributed by atoms with van der Waals surface area (Å²) in [7, 11) is 3.50. The van der Waals surface area contributed by atoms with Crippen LogP contribution >= 0.6 is 35.6 Å². The second-order valence-electron chi connectivity index (χ2n) is 5.23. The van der Waals surface area contributed by atoms with E-state index in [2.05, 4.69) is 25.5 Å². The number of pyridine rings is 1. The molecule has 2 heterocycles. The van der Waals surface area contributed by atoms with Gasteiger partial charge in [0, 0.05) is 52.6 Å². The van der Waals surface area contributed by atoms with Gasteiger partial charge in [0.2, 0.25) is 0 Å². The van der Waals surface area contributed by atoms with Crippen molar-refractivity contribution in [1.82, 2.24) is 15.6 Å². The lowest BCUT2D eigenvalue weighted by Crippen LogP contribution is -2.45. The summed E-state index contributed by atoms with van der Waals surface area (Å²) >= 11 is 6.21. The SMILES string of the molecule is CN=C(NCCCOC)NC1CCN(c2ncccc2Cl)C1.I. The smallest absolute Gasteiger partial charge is 0.191 e. The van der Waals surface area contributed by atoms with Crippen LogP contribution < -0.4 is 15.5 Å². The van der Waals surface area contributed by atoms with Crippen molar-refractivity contribution in [1.29, 1.82) is 0 Å². The molecule has 0 saturated carbocycles. The topological polar surface area (TPSA) is 61.8 Å². The number of nitrogens with one attached hydrogen (secondary N) is 2. The molecular weight excluding hydrogens is 429 g/mol. The van der Waals surface area contributed by atoms with Gasteiger partial charge in [0.25, 0.3) is 0 Å². The van der Waals surface area contributed by atoms with E-state index in [0.29, 0.717) is 11.1 Å². The standard InChI is InChI=1S/C15H24ClN5O.HI/c1-17-15(19-8-4-10-22-2)20-12-6-9-21(11-12)14-13(16)5-3-7-18-14;/h3,5,7,12H,4,6,8-11H2,1-2H3,(H2,17,19,20);1H. The van der Waals surface area contributed by atoms with Crippen molar-refractivity contribution in [2.75, 3.05) is 45.3 Å². The number of guanidine groups is 1. The number of aliphatic imine (C=N–C) groups is 1.